The first-order chi connectivity index (χ1) is 20.7. The molecule has 0 atom stereocenters. The number of rotatable bonds is 9. The Morgan fingerprint density at radius 2 is 1.82 bits per heavy atom. The number of hydrogen-bond acceptors (Lipinski definition) is 7. The van der Waals surface area contributed by atoms with Gasteiger partial charge >= 0.3 is 6.18 Å². The maximum atomic E-state index is 13.8. The van der Waals surface area contributed by atoms with Gasteiger partial charge in [-0.3, -0.25) is 19.0 Å². The number of nitrogens with zero attached hydrogens (tertiary/aromatic N) is 5. The van der Waals surface area contributed by atoms with E-state index < -0.39 is 60.2 Å². The molecular weight excluding hydrogens is 623 g/mol. The zero-order valence-corrected chi connectivity index (χ0v) is 23.4. The van der Waals surface area contributed by atoms with E-state index in [1.165, 1.54) is 16.9 Å². The van der Waals surface area contributed by atoms with Crippen molar-refractivity contribution in [1.29, 1.82) is 0 Å². The summed E-state index contributed by atoms with van der Waals surface area (Å²) in [7, 11) is 0. The van der Waals surface area contributed by atoms with E-state index in [9.17, 15) is 40.3 Å². The Balaban J connectivity index is 1.56. The van der Waals surface area contributed by atoms with Crippen LogP contribution in [0.2, 0.25) is 0 Å². The van der Waals surface area contributed by atoms with Crippen LogP contribution >= 0.6 is 11.3 Å². The second-order valence-electron chi connectivity index (χ2n) is 9.36. The Kier molecular flexibility index (Phi) is 7.96. The number of carbonyl (C=O) groups excluding carboxylic acids is 2. The van der Waals surface area contributed by atoms with Crippen LogP contribution in [0.3, 0.4) is 0 Å². The number of pyridine rings is 1. The van der Waals surface area contributed by atoms with E-state index in [0.717, 1.165) is 12.1 Å². The number of nitrogens with one attached hydrogen (secondary N) is 1. The average molecular weight is 644 g/mol. The predicted octanol–water partition coefficient (Wildman–Crippen LogP) is 6.57. The molecule has 5 aromatic rings. The zero-order valence-electron chi connectivity index (χ0n) is 22.5. The number of nitrogens with two attached hydrogens (primary N) is 1. The van der Waals surface area contributed by atoms with Gasteiger partial charge in [-0.05, 0) is 43.7 Å². The maximum absolute atomic E-state index is 13.8. The fourth-order valence-electron chi connectivity index (χ4n) is 4.46. The summed E-state index contributed by atoms with van der Waals surface area (Å²) in [4.78, 5) is 28.8. The molecule has 0 bridgehead atoms. The normalized spacial score (nSPS) is 12.2. The van der Waals surface area contributed by atoms with Crippen molar-refractivity contribution in [3.05, 3.63) is 69.6 Å². The predicted molar refractivity (Wildman–Crippen MR) is 143 cm³/mol. The highest BCUT2D eigenvalue weighted by atomic mass is 32.1. The van der Waals surface area contributed by atoms with Crippen LogP contribution < -0.4 is 11.1 Å². The van der Waals surface area contributed by atoms with Gasteiger partial charge in [0.1, 0.15) is 32.5 Å². The SMILES string of the molecule is CCn1cc(-c2cc(C(F)(F)F)nc3sc(C(N)=O)c(NC(=O)c4ccc(Cn5nc(C(F)F)cc5C(F)F)o4)c23)c(C)n1. The van der Waals surface area contributed by atoms with Crippen molar-refractivity contribution in [1.82, 2.24) is 24.5 Å². The van der Waals surface area contributed by atoms with Gasteiger partial charge < -0.3 is 15.5 Å². The molecule has 0 fully saturated rings. The summed E-state index contributed by atoms with van der Waals surface area (Å²) in [6.07, 6.45) is -9.56. The molecule has 0 spiro atoms. The summed E-state index contributed by atoms with van der Waals surface area (Å²) in [5.74, 6) is -2.54. The van der Waals surface area contributed by atoms with E-state index >= 15 is 0 Å². The molecule has 0 aliphatic heterocycles. The minimum atomic E-state index is -4.85. The van der Waals surface area contributed by atoms with Crippen LogP contribution in [0.1, 0.15) is 68.5 Å². The van der Waals surface area contributed by atoms with Crippen LogP contribution in [-0.2, 0) is 19.3 Å². The molecule has 5 rings (SSSR count). The van der Waals surface area contributed by atoms with Crippen LogP contribution in [0.4, 0.5) is 36.4 Å². The zero-order chi connectivity index (χ0) is 32.1. The summed E-state index contributed by atoms with van der Waals surface area (Å²) in [6, 6.07) is 3.71. The standard InChI is InChI=1S/C26H20F7N7O3S/c1-3-39-9-13(10(2)37-39)12-6-17(26(31,32)33)35-25-18(12)19(20(44-25)23(34)41)36-24(42)16-5-4-11(43-16)8-40-15(22(29)30)7-14(38-40)21(27)28/h4-7,9,21-22H,3,8H2,1-2H3,(H2,34,41)(H,36,42). The van der Waals surface area contributed by atoms with Gasteiger partial charge in [-0.15, -0.1) is 11.3 Å². The third-order valence-corrected chi connectivity index (χ3v) is 7.54. The molecule has 10 nitrogen and oxygen atoms in total. The quantitative estimate of drug-likeness (QED) is 0.175. The summed E-state index contributed by atoms with van der Waals surface area (Å²) < 4.78 is 102. The van der Waals surface area contributed by atoms with Crippen LogP contribution in [0.5, 0.6) is 0 Å². The lowest BCUT2D eigenvalue weighted by Gasteiger charge is -2.11. The monoisotopic (exact) mass is 643 g/mol. The van der Waals surface area contributed by atoms with Gasteiger partial charge in [-0.25, -0.2) is 22.5 Å². The molecule has 0 aromatic carbocycles. The smallest absolute Gasteiger partial charge is 0.433 e. The van der Waals surface area contributed by atoms with Crippen molar-refractivity contribution in [2.75, 3.05) is 5.32 Å². The number of furan rings is 1. The summed E-state index contributed by atoms with van der Waals surface area (Å²) in [5.41, 5.74) is 3.01. The van der Waals surface area contributed by atoms with E-state index in [1.807, 2.05) is 0 Å². The lowest BCUT2D eigenvalue weighted by molar-refractivity contribution is -0.140. The molecule has 3 N–H and O–H groups in total. The molecule has 232 valence electrons. The van der Waals surface area contributed by atoms with Crippen molar-refractivity contribution in [3.63, 3.8) is 0 Å². The third kappa shape index (κ3) is 5.76. The number of hydrogen-bond donors (Lipinski definition) is 2. The summed E-state index contributed by atoms with van der Waals surface area (Å²) in [5, 5.41) is 10.2. The van der Waals surface area contributed by atoms with Gasteiger partial charge in [-0.1, -0.05) is 0 Å². The Bertz CT molecular complexity index is 1890. The van der Waals surface area contributed by atoms with E-state index in [2.05, 4.69) is 20.5 Å². The number of primary amides is 1. The van der Waals surface area contributed by atoms with Crippen LogP contribution in [0.25, 0.3) is 21.3 Å². The summed E-state index contributed by atoms with van der Waals surface area (Å²) in [6.45, 7) is 3.23. The number of fused-ring (bicyclic) bond motifs is 1. The number of anilines is 1. The summed E-state index contributed by atoms with van der Waals surface area (Å²) >= 11 is 0.540. The van der Waals surface area contributed by atoms with Gasteiger partial charge in [-0.2, -0.15) is 23.4 Å². The Morgan fingerprint density at radius 3 is 2.41 bits per heavy atom. The highest BCUT2D eigenvalue weighted by Gasteiger charge is 2.35. The van der Waals surface area contributed by atoms with Gasteiger partial charge in [0.25, 0.3) is 24.7 Å². The van der Waals surface area contributed by atoms with Crippen LogP contribution in [0, 0.1) is 6.92 Å². The second-order valence-corrected chi connectivity index (χ2v) is 10.4. The molecule has 0 aliphatic carbocycles. The molecule has 44 heavy (non-hydrogen) atoms. The van der Waals surface area contributed by atoms with Crippen molar-refractivity contribution in [3.8, 4) is 11.1 Å². The highest BCUT2D eigenvalue weighted by Crippen LogP contribution is 2.44. The van der Waals surface area contributed by atoms with Gasteiger partial charge in [0.2, 0.25) is 0 Å². The number of halogens is 7. The topological polar surface area (TPSA) is 134 Å². The van der Waals surface area contributed by atoms with Gasteiger partial charge in [0, 0.05) is 23.7 Å². The molecule has 5 aromatic heterocycles. The third-order valence-electron chi connectivity index (χ3n) is 6.44. The van der Waals surface area contributed by atoms with Crippen molar-refractivity contribution < 1.29 is 44.7 Å². The lowest BCUT2D eigenvalue weighted by Crippen LogP contribution is -2.16. The maximum Gasteiger partial charge on any atom is 0.433 e. The number of amides is 2. The Labute approximate surface area is 246 Å². The molecule has 0 radical (unpaired) electrons. The molecule has 5 heterocycles. The molecule has 0 unspecified atom stereocenters. The molecule has 18 heteroatoms. The molecule has 2 amide bonds. The first kappa shape index (κ1) is 30.7. The molecule has 0 saturated heterocycles. The van der Waals surface area contributed by atoms with E-state index in [4.69, 9.17) is 10.2 Å². The van der Waals surface area contributed by atoms with Crippen molar-refractivity contribution >= 4 is 39.1 Å². The van der Waals surface area contributed by atoms with E-state index in [1.54, 1.807) is 13.8 Å². The minimum absolute atomic E-state index is 0.00618. The molecule has 0 saturated carbocycles. The lowest BCUT2D eigenvalue weighted by atomic mass is 10.0. The number of aromatic nitrogens is 5. The van der Waals surface area contributed by atoms with Crippen LogP contribution in [-0.4, -0.2) is 36.4 Å². The van der Waals surface area contributed by atoms with E-state index in [0.29, 0.717) is 34.3 Å². The Hall–Kier alpha value is -4.74. The van der Waals surface area contributed by atoms with Crippen LogP contribution in [0.15, 0.2) is 34.9 Å². The van der Waals surface area contributed by atoms with Gasteiger partial charge in [0.15, 0.2) is 5.76 Å². The van der Waals surface area contributed by atoms with Crippen molar-refractivity contribution in [2.45, 2.75) is 46.0 Å². The fraction of sp³-hybridized carbons (Fsp3) is 0.269. The minimum Gasteiger partial charge on any atom is -0.454 e. The highest BCUT2D eigenvalue weighted by molar-refractivity contribution is 7.21. The Morgan fingerprint density at radius 1 is 1.09 bits per heavy atom. The fourth-order valence-corrected chi connectivity index (χ4v) is 5.47. The van der Waals surface area contributed by atoms with Gasteiger partial charge in [0.05, 0.1) is 17.9 Å². The number of alkyl halides is 7. The van der Waals surface area contributed by atoms with Crippen molar-refractivity contribution in [2.24, 2.45) is 5.73 Å². The largest absolute Gasteiger partial charge is 0.454 e. The van der Waals surface area contributed by atoms with E-state index in [-0.39, 0.29) is 37.7 Å². The number of carbonyl (C=O) groups is 2. The number of thiophene rings is 1. The molecule has 0 aliphatic rings. The average Bonchev–Trinajstić information content (AvgIpc) is 3.73. The first-order valence-electron chi connectivity index (χ1n) is 12.6. The first-order valence-corrected chi connectivity index (χ1v) is 13.4. The second kappa shape index (κ2) is 11.4. The number of aryl methyl sites for hydroxylation is 2. The molecular formula is C26H20F7N7O3S.